The zero-order chi connectivity index (χ0) is 20.2. The fraction of sp³-hybridized carbons (Fsp3) is 0.667. The van der Waals surface area contributed by atoms with Crippen LogP contribution in [-0.2, 0) is 16.0 Å². The zero-order valence-corrected chi connectivity index (χ0v) is 16.7. The summed E-state index contributed by atoms with van der Waals surface area (Å²) < 4.78 is 34.2. The van der Waals surface area contributed by atoms with Crippen LogP contribution in [0.15, 0.2) is 24.3 Å². The summed E-state index contributed by atoms with van der Waals surface area (Å²) in [4.78, 5) is 17.1. The summed E-state index contributed by atoms with van der Waals surface area (Å²) in [5.74, 6) is 0.183. The molecular formula is C21H32F2N2O3. The highest BCUT2D eigenvalue weighted by Crippen LogP contribution is 2.16. The van der Waals surface area contributed by atoms with Crippen LogP contribution in [0.4, 0.5) is 8.78 Å². The number of carbonyl (C=O) groups is 1. The van der Waals surface area contributed by atoms with Gasteiger partial charge in [0.25, 0.3) is 0 Å². The van der Waals surface area contributed by atoms with Crippen molar-refractivity contribution >= 4 is 5.91 Å². The smallest absolute Gasteiger partial charge is 0.387 e. The van der Waals surface area contributed by atoms with E-state index in [1.807, 2.05) is 4.90 Å². The first-order chi connectivity index (χ1) is 13.6. The molecule has 0 N–H and O–H groups in total. The number of hydrogen-bond acceptors (Lipinski definition) is 4. The van der Waals surface area contributed by atoms with E-state index in [0.29, 0.717) is 6.54 Å². The first-order valence-corrected chi connectivity index (χ1v) is 10.2. The van der Waals surface area contributed by atoms with E-state index in [2.05, 4.69) is 16.6 Å². The van der Waals surface area contributed by atoms with Gasteiger partial charge in [-0.3, -0.25) is 9.69 Å². The molecule has 1 aliphatic heterocycles. The van der Waals surface area contributed by atoms with E-state index >= 15 is 0 Å². The van der Waals surface area contributed by atoms with Gasteiger partial charge in [-0.05, 0) is 24.1 Å². The lowest BCUT2D eigenvalue weighted by molar-refractivity contribution is -0.131. The van der Waals surface area contributed by atoms with Crippen molar-refractivity contribution in [2.45, 2.75) is 45.6 Å². The molecule has 5 nitrogen and oxygen atoms in total. The van der Waals surface area contributed by atoms with Crippen LogP contribution in [0, 0.1) is 0 Å². The average molecular weight is 398 g/mol. The van der Waals surface area contributed by atoms with Crippen molar-refractivity contribution in [2.75, 3.05) is 45.9 Å². The third kappa shape index (κ3) is 8.52. The second-order valence-corrected chi connectivity index (χ2v) is 7.09. The van der Waals surface area contributed by atoms with Gasteiger partial charge in [0.15, 0.2) is 0 Å². The van der Waals surface area contributed by atoms with Gasteiger partial charge < -0.3 is 14.4 Å². The Balaban J connectivity index is 1.88. The highest BCUT2D eigenvalue weighted by atomic mass is 19.3. The molecule has 1 aromatic carbocycles. The van der Waals surface area contributed by atoms with Crippen molar-refractivity contribution in [1.29, 1.82) is 0 Å². The van der Waals surface area contributed by atoms with Gasteiger partial charge in [-0.15, -0.1) is 0 Å². The van der Waals surface area contributed by atoms with E-state index in [-0.39, 0.29) is 18.1 Å². The summed E-state index contributed by atoms with van der Waals surface area (Å²) in [6.45, 7) is 4.95. The van der Waals surface area contributed by atoms with Crippen molar-refractivity contribution < 1.29 is 23.0 Å². The second kappa shape index (κ2) is 12.7. The van der Waals surface area contributed by atoms with E-state index in [9.17, 15) is 13.6 Å². The van der Waals surface area contributed by atoms with Gasteiger partial charge in [0.2, 0.25) is 5.91 Å². The number of carbonyl (C=O) groups excluding carboxylic acids is 1. The maximum atomic E-state index is 12.8. The van der Waals surface area contributed by atoms with Gasteiger partial charge in [-0.1, -0.05) is 38.3 Å². The molecule has 1 heterocycles. The lowest BCUT2D eigenvalue weighted by atomic mass is 10.1. The quantitative estimate of drug-likeness (QED) is 0.505. The molecule has 1 aliphatic rings. The van der Waals surface area contributed by atoms with Gasteiger partial charge in [0.1, 0.15) is 5.75 Å². The predicted octanol–water partition coefficient (Wildman–Crippen LogP) is 3.57. The van der Waals surface area contributed by atoms with E-state index in [1.54, 1.807) is 12.1 Å². The summed E-state index contributed by atoms with van der Waals surface area (Å²) in [6, 6.07) is 6.31. The van der Waals surface area contributed by atoms with Crippen molar-refractivity contribution in [1.82, 2.24) is 9.80 Å². The minimum atomic E-state index is -2.84. The molecule has 0 unspecified atom stereocenters. The van der Waals surface area contributed by atoms with Gasteiger partial charge in [0, 0.05) is 32.7 Å². The molecule has 158 valence electrons. The number of ether oxygens (including phenoxy) is 2. The number of benzene rings is 1. The molecule has 7 heteroatoms. The van der Waals surface area contributed by atoms with Gasteiger partial charge in [-0.2, -0.15) is 8.78 Å². The third-order valence-electron chi connectivity index (χ3n) is 4.93. The zero-order valence-electron chi connectivity index (χ0n) is 16.7. The van der Waals surface area contributed by atoms with Crippen molar-refractivity contribution in [3.8, 4) is 5.75 Å². The van der Waals surface area contributed by atoms with Gasteiger partial charge >= 0.3 is 6.61 Å². The molecule has 1 saturated heterocycles. The molecule has 1 aromatic rings. The monoisotopic (exact) mass is 398 g/mol. The second-order valence-electron chi connectivity index (χ2n) is 7.09. The normalized spacial score (nSPS) is 15.0. The molecule has 0 atom stereocenters. The first-order valence-electron chi connectivity index (χ1n) is 10.2. The SMILES string of the molecule is CCCCCCN(CCN1CCOCC1)C(=O)Cc1ccc(OC(F)F)cc1. The maximum absolute atomic E-state index is 12.8. The fourth-order valence-corrected chi connectivity index (χ4v) is 3.25. The van der Waals surface area contributed by atoms with Crippen LogP contribution in [0.5, 0.6) is 5.75 Å². The largest absolute Gasteiger partial charge is 0.435 e. The first kappa shape index (κ1) is 22.6. The molecule has 0 radical (unpaired) electrons. The fourth-order valence-electron chi connectivity index (χ4n) is 3.25. The van der Waals surface area contributed by atoms with Crippen molar-refractivity contribution in [2.24, 2.45) is 0 Å². The Hall–Kier alpha value is -1.73. The van der Waals surface area contributed by atoms with Crippen LogP contribution >= 0.6 is 0 Å². The summed E-state index contributed by atoms with van der Waals surface area (Å²) in [6.07, 6.45) is 4.74. The highest BCUT2D eigenvalue weighted by molar-refractivity contribution is 5.78. The van der Waals surface area contributed by atoms with E-state index in [0.717, 1.165) is 64.2 Å². The van der Waals surface area contributed by atoms with Crippen molar-refractivity contribution in [3.63, 3.8) is 0 Å². The number of rotatable bonds is 12. The van der Waals surface area contributed by atoms with Crippen molar-refractivity contribution in [3.05, 3.63) is 29.8 Å². The van der Waals surface area contributed by atoms with Gasteiger partial charge in [0.05, 0.1) is 19.6 Å². The average Bonchev–Trinajstić information content (AvgIpc) is 2.69. The number of halogens is 2. The number of amides is 1. The molecule has 0 aromatic heterocycles. The molecule has 2 rings (SSSR count). The maximum Gasteiger partial charge on any atom is 0.387 e. The topological polar surface area (TPSA) is 42.0 Å². The lowest BCUT2D eigenvalue weighted by Gasteiger charge is -2.30. The standard InChI is InChI=1S/C21H32F2N2O3/c1-2-3-4-5-10-25(12-11-24-13-15-27-16-14-24)20(26)17-18-6-8-19(9-7-18)28-21(22)23/h6-9,21H,2-5,10-17H2,1H3. The summed E-state index contributed by atoms with van der Waals surface area (Å²) in [5.41, 5.74) is 0.802. The van der Waals surface area contributed by atoms with Crippen LogP contribution in [-0.4, -0.2) is 68.3 Å². The summed E-state index contributed by atoms with van der Waals surface area (Å²) in [5, 5.41) is 0. The third-order valence-corrected chi connectivity index (χ3v) is 4.93. The Kier molecular flexibility index (Phi) is 10.2. The number of alkyl halides is 2. The molecule has 0 aliphatic carbocycles. The predicted molar refractivity (Wildman–Crippen MR) is 105 cm³/mol. The number of nitrogens with zero attached hydrogens (tertiary/aromatic N) is 2. The Morgan fingerprint density at radius 3 is 2.50 bits per heavy atom. The van der Waals surface area contributed by atoms with Crippen LogP contribution in [0.25, 0.3) is 0 Å². The van der Waals surface area contributed by atoms with E-state index in [1.165, 1.54) is 18.6 Å². The Morgan fingerprint density at radius 1 is 1.14 bits per heavy atom. The van der Waals surface area contributed by atoms with Crippen LogP contribution in [0.1, 0.15) is 38.2 Å². The van der Waals surface area contributed by atoms with Crippen LogP contribution in [0.3, 0.4) is 0 Å². The lowest BCUT2D eigenvalue weighted by Crippen LogP contribution is -2.43. The Labute approximate surface area is 166 Å². The minimum absolute atomic E-state index is 0.0762. The number of unbranched alkanes of at least 4 members (excludes halogenated alkanes) is 3. The molecule has 0 saturated carbocycles. The number of morpholine rings is 1. The van der Waals surface area contributed by atoms with Gasteiger partial charge in [-0.25, -0.2) is 0 Å². The van der Waals surface area contributed by atoms with Crippen LogP contribution < -0.4 is 4.74 Å². The summed E-state index contributed by atoms with van der Waals surface area (Å²) >= 11 is 0. The molecule has 0 bridgehead atoms. The Morgan fingerprint density at radius 2 is 1.86 bits per heavy atom. The molecule has 1 fully saturated rings. The molecular weight excluding hydrogens is 366 g/mol. The Bertz CT molecular complexity index is 563. The van der Waals surface area contributed by atoms with Crippen LogP contribution in [0.2, 0.25) is 0 Å². The molecule has 1 amide bonds. The molecule has 28 heavy (non-hydrogen) atoms. The van der Waals surface area contributed by atoms with E-state index < -0.39 is 6.61 Å². The molecule has 0 spiro atoms. The number of hydrogen-bond donors (Lipinski definition) is 0. The minimum Gasteiger partial charge on any atom is -0.435 e. The highest BCUT2D eigenvalue weighted by Gasteiger charge is 2.17. The van der Waals surface area contributed by atoms with E-state index in [4.69, 9.17) is 4.74 Å². The summed E-state index contributed by atoms with van der Waals surface area (Å²) in [7, 11) is 0.